The monoisotopic (exact) mass is 222 g/mol. The molecule has 16 heavy (non-hydrogen) atoms. The van der Waals surface area contributed by atoms with Gasteiger partial charge < -0.3 is 5.11 Å². The van der Waals surface area contributed by atoms with Crippen molar-refractivity contribution in [2.45, 2.75) is 53.1 Å². The Morgan fingerprint density at radius 3 is 2.62 bits per heavy atom. The summed E-state index contributed by atoms with van der Waals surface area (Å²) in [6, 6.07) is 0. The van der Waals surface area contributed by atoms with E-state index in [1.807, 2.05) is 0 Å². The van der Waals surface area contributed by atoms with Gasteiger partial charge in [-0.05, 0) is 37.0 Å². The van der Waals surface area contributed by atoms with Crippen molar-refractivity contribution in [3.8, 4) is 0 Å². The lowest BCUT2D eigenvalue weighted by Crippen LogP contribution is -2.16. The molecule has 3 atom stereocenters. The first-order valence-corrected chi connectivity index (χ1v) is 6.56. The summed E-state index contributed by atoms with van der Waals surface area (Å²) in [7, 11) is 0. The third kappa shape index (κ3) is 4.13. The highest BCUT2D eigenvalue weighted by molar-refractivity contribution is 5.10. The zero-order chi connectivity index (χ0) is 12.1. The zero-order valence-corrected chi connectivity index (χ0v) is 11.1. The van der Waals surface area contributed by atoms with Gasteiger partial charge in [-0.15, -0.1) is 0 Å². The molecule has 0 bridgehead atoms. The van der Waals surface area contributed by atoms with Crippen molar-refractivity contribution in [2.24, 2.45) is 17.8 Å². The molecule has 0 aromatic rings. The Hall–Kier alpha value is -0.560. The van der Waals surface area contributed by atoms with Gasteiger partial charge in [0.2, 0.25) is 0 Å². The lowest BCUT2D eigenvalue weighted by Gasteiger charge is -2.20. The van der Waals surface area contributed by atoms with Crippen LogP contribution in [0.25, 0.3) is 0 Å². The van der Waals surface area contributed by atoms with Gasteiger partial charge in [-0.1, -0.05) is 51.5 Å². The fourth-order valence-electron chi connectivity index (χ4n) is 2.10. The molecule has 0 aromatic carbocycles. The Morgan fingerprint density at radius 1 is 1.31 bits per heavy atom. The van der Waals surface area contributed by atoms with Gasteiger partial charge in [-0.2, -0.15) is 0 Å². The topological polar surface area (TPSA) is 20.2 Å². The minimum Gasteiger partial charge on any atom is -0.389 e. The molecule has 0 aromatic heterocycles. The van der Waals surface area contributed by atoms with E-state index in [9.17, 15) is 5.11 Å². The van der Waals surface area contributed by atoms with E-state index in [2.05, 4.69) is 45.9 Å². The van der Waals surface area contributed by atoms with Crippen LogP contribution >= 0.6 is 0 Å². The van der Waals surface area contributed by atoms with Gasteiger partial charge >= 0.3 is 0 Å². The van der Waals surface area contributed by atoms with Crippen LogP contribution in [0.5, 0.6) is 0 Å². The van der Waals surface area contributed by atoms with Gasteiger partial charge in [0.25, 0.3) is 0 Å². The Balaban J connectivity index is 2.80. The quantitative estimate of drug-likeness (QED) is 0.666. The van der Waals surface area contributed by atoms with Crippen LogP contribution in [0.15, 0.2) is 23.8 Å². The molecule has 0 saturated heterocycles. The van der Waals surface area contributed by atoms with Crippen LogP contribution in [0.3, 0.4) is 0 Å². The van der Waals surface area contributed by atoms with Crippen LogP contribution in [-0.4, -0.2) is 11.2 Å². The van der Waals surface area contributed by atoms with Crippen molar-refractivity contribution in [1.29, 1.82) is 0 Å². The van der Waals surface area contributed by atoms with Crippen LogP contribution < -0.4 is 0 Å². The Bertz CT molecular complexity index is 263. The van der Waals surface area contributed by atoms with Gasteiger partial charge in [-0.25, -0.2) is 0 Å². The van der Waals surface area contributed by atoms with Gasteiger partial charge in [-0.3, -0.25) is 0 Å². The largest absolute Gasteiger partial charge is 0.389 e. The molecule has 1 N–H and O–H groups in total. The number of aliphatic hydroxyl groups is 1. The van der Waals surface area contributed by atoms with E-state index >= 15 is 0 Å². The Labute approximate surface area is 100 Å². The maximum absolute atomic E-state index is 10.1. The van der Waals surface area contributed by atoms with Gasteiger partial charge in [0.15, 0.2) is 0 Å². The molecule has 0 spiro atoms. The third-order valence-corrected chi connectivity index (χ3v) is 3.57. The zero-order valence-electron chi connectivity index (χ0n) is 11.1. The van der Waals surface area contributed by atoms with E-state index in [0.717, 1.165) is 12.8 Å². The van der Waals surface area contributed by atoms with Crippen LogP contribution in [0.2, 0.25) is 0 Å². The first kappa shape index (κ1) is 13.5. The average molecular weight is 222 g/mol. The average Bonchev–Trinajstić information content (AvgIpc) is 2.22. The standard InChI is InChI=1S/C15H26O/c1-11(2)14-9-8-12(3)6-5-7-13(4)15(16)10-14/h5-6,10-13,15-16H,7-9H2,1-4H3. The van der Waals surface area contributed by atoms with Gasteiger partial charge in [0, 0.05) is 0 Å². The minimum absolute atomic E-state index is 0.282. The molecule has 0 heterocycles. The fourth-order valence-corrected chi connectivity index (χ4v) is 2.10. The van der Waals surface area contributed by atoms with Crippen molar-refractivity contribution in [3.05, 3.63) is 23.8 Å². The van der Waals surface area contributed by atoms with Crippen molar-refractivity contribution >= 4 is 0 Å². The van der Waals surface area contributed by atoms with Crippen LogP contribution in [0, 0.1) is 17.8 Å². The maximum Gasteiger partial charge on any atom is 0.0752 e. The molecule has 0 saturated carbocycles. The molecule has 1 aliphatic carbocycles. The normalized spacial score (nSPS) is 32.6. The minimum atomic E-state index is -0.282. The molecule has 0 fully saturated rings. The fraction of sp³-hybridized carbons (Fsp3) is 0.733. The summed E-state index contributed by atoms with van der Waals surface area (Å²) in [6.45, 7) is 8.83. The molecule has 0 radical (unpaired) electrons. The second-order valence-electron chi connectivity index (χ2n) is 5.54. The number of hydrogen-bond acceptors (Lipinski definition) is 1. The van der Waals surface area contributed by atoms with Gasteiger partial charge in [0.1, 0.15) is 0 Å². The SMILES string of the molecule is CC1C=CCC(C)C(O)C=C(C(C)C)CC1. The van der Waals surface area contributed by atoms with Crippen molar-refractivity contribution < 1.29 is 5.11 Å². The number of rotatable bonds is 1. The van der Waals surface area contributed by atoms with Crippen LogP contribution in [-0.2, 0) is 0 Å². The molecular weight excluding hydrogens is 196 g/mol. The summed E-state index contributed by atoms with van der Waals surface area (Å²) in [5.74, 6) is 1.54. The highest BCUT2D eigenvalue weighted by atomic mass is 16.3. The smallest absolute Gasteiger partial charge is 0.0752 e. The summed E-state index contributed by atoms with van der Waals surface area (Å²) in [5, 5.41) is 10.1. The van der Waals surface area contributed by atoms with E-state index in [-0.39, 0.29) is 6.10 Å². The first-order chi connectivity index (χ1) is 7.50. The molecule has 1 rings (SSSR count). The van der Waals surface area contributed by atoms with Gasteiger partial charge in [0.05, 0.1) is 6.10 Å². The lowest BCUT2D eigenvalue weighted by atomic mass is 9.88. The van der Waals surface area contributed by atoms with Crippen molar-refractivity contribution in [2.75, 3.05) is 0 Å². The van der Waals surface area contributed by atoms with Crippen LogP contribution in [0.4, 0.5) is 0 Å². The molecule has 0 amide bonds. The highest BCUT2D eigenvalue weighted by Crippen LogP contribution is 2.24. The molecule has 1 heteroatoms. The molecular formula is C15H26O. The molecule has 3 unspecified atom stereocenters. The summed E-state index contributed by atoms with van der Waals surface area (Å²) in [4.78, 5) is 0. The number of allylic oxidation sites excluding steroid dienone is 3. The van der Waals surface area contributed by atoms with E-state index in [1.165, 1.54) is 12.0 Å². The molecule has 92 valence electrons. The maximum atomic E-state index is 10.1. The van der Waals surface area contributed by atoms with Crippen LogP contribution in [0.1, 0.15) is 47.0 Å². The second kappa shape index (κ2) is 6.24. The van der Waals surface area contributed by atoms with E-state index in [1.54, 1.807) is 0 Å². The van der Waals surface area contributed by atoms with Crippen molar-refractivity contribution in [1.82, 2.24) is 0 Å². The van der Waals surface area contributed by atoms with E-state index in [0.29, 0.717) is 17.8 Å². The molecule has 1 nitrogen and oxygen atoms in total. The molecule has 0 aliphatic heterocycles. The predicted molar refractivity (Wildman–Crippen MR) is 70.2 cm³/mol. The predicted octanol–water partition coefficient (Wildman–Crippen LogP) is 3.94. The Morgan fingerprint density at radius 2 is 2.00 bits per heavy atom. The summed E-state index contributed by atoms with van der Waals surface area (Å²) in [6.07, 6.45) is 9.64. The summed E-state index contributed by atoms with van der Waals surface area (Å²) in [5.41, 5.74) is 1.42. The second-order valence-corrected chi connectivity index (χ2v) is 5.54. The number of aliphatic hydroxyl groups excluding tert-OH is 1. The van der Waals surface area contributed by atoms with E-state index < -0.39 is 0 Å². The third-order valence-electron chi connectivity index (χ3n) is 3.57. The Kier molecular flexibility index (Phi) is 5.27. The first-order valence-electron chi connectivity index (χ1n) is 6.56. The highest BCUT2D eigenvalue weighted by Gasteiger charge is 2.15. The molecule has 1 aliphatic rings. The number of hydrogen-bond donors (Lipinski definition) is 1. The van der Waals surface area contributed by atoms with Crippen molar-refractivity contribution in [3.63, 3.8) is 0 Å². The summed E-state index contributed by atoms with van der Waals surface area (Å²) < 4.78 is 0. The summed E-state index contributed by atoms with van der Waals surface area (Å²) >= 11 is 0. The van der Waals surface area contributed by atoms with E-state index in [4.69, 9.17) is 0 Å². The lowest BCUT2D eigenvalue weighted by molar-refractivity contribution is 0.161.